The number of hydrogen-bond acceptors (Lipinski definition) is 3. The van der Waals surface area contributed by atoms with Crippen molar-refractivity contribution in [2.45, 2.75) is 24.9 Å². The molecule has 1 aliphatic carbocycles. The molecule has 28 heavy (non-hydrogen) atoms. The summed E-state index contributed by atoms with van der Waals surface area (Å²) in [6, 6.07) is 11.2. The van der Waals surface area contributed by atoms with Crippen molar-refractivity contribution < 1.29 is 23.1 Å². The summed E-state index contributed by atoms with van der Waals surface area (Å²) in [4.78, 5) is 12.7. The van der Waals surface area contributed by atoms with Crippen LogP contribution < -0.4 is 5.32 Å². The highest BCUT2D eigenvalue weighted by molar-refractivity contribution is 6.05. The average molecular weight is 387 g/mol. The number of nitrogens with one attached hydrogen (secondary N) is 1. The Morgan fingerprint density at radius 2 is 1.89 bits per heavy atom. The summed E-state index contributed by atoms with van der Waals surface area (Å²) in [5.74, 6) is -0.488. The van der Waals surface area contributed by atoms with Gasteiger partial charge >= 0.3 is 6.18 Å². The molecule has 1 aromatic heterocycles. The lowest BCUT2D eigenvalue weighted by molar-refractivity contribution is -0.137. The topological polar surface area (TPSA) is 67.2 Å². The van der Waals surface area contributed by atoms with Crippen LogP contribution in [0.15, 0.2) is 54.7 Å². The van der Waals surface area contributed by atoms with Gasteiger partial charge in [-0.25, -0.2) is 4.68 Å². The maximum Gasteiger partial charge on any atom is 0.416 e. The number of aromatic hydroxyl groups is 1. The number of phenolic OH excluding ortho intramolecular Hbond substituents is 1. The van der Waals surface area contributed by atoms with Crippen LogP contribution >= 0.6 is 0 Å². The number of hydrogen-bond donors (Lipinski definition) is 2. The van der Waals surface area contributed by atoms with E-state index in [0.29, 0.717) is 5.69 Å². The third-order valence-corrected chi connectivity index (χ3v) is 4.59. The summed E-state index contributed by atoms with van der Waals surface area (Å²) in [5, 5.41) is 16.7. The first-order valence-electron chi connectivity index (χ1n) is 8.69. The highest BCUT2D eigenvalue weighted by Gasteiger charge is 2.34. The number of anilines is 1. The van der Waals surface area contributed by atoms with Crippen molar-refractivity contribution in [2.24, 2.45) is 0 Å². The number of aromatic nitrogens is 2. The maximum atomic E-state index is 13.1. The summed E-state index contributed by atoms with van der Waals surface area (Å²) in [5.41, 5.74) is 0.581. The van der Waals surface area contributed by atoms with Gasteiger partial charge in [-0.1, -0.05) is 18.2 Å². The van der Waals surface area contributed by atoms with Crippen molar-refractivity contribution in [2.75, 3.05) is 5.32 Å². The van der Waals surface area contributed by atoms with Crippen LogP contribution in [0.2, 0.25) is 0 Å². The van der Waals surface area contributed by atoms with Gasteiger partial charge < -0.3 is 10.4 Å². The van der Waals surface area contributed by atoms with Gasteiger partial charge in [-0.3, -0.25) is 4.79 Å². The van der Waals surface area contributed by atoms with E-state index in [1.807, 2.05) is 0 Å². The second-order valence-corrected chi connectivity index (χ2v) is 6.65. The first-order chi connectivity index (χ1) is 13.3. The Balaban J connectivity index is 1.71. The second kappa shape index (κ2) is 6.70. The molecule has 3 aromatic rings. The molecular formula is C20H16F3N3O2. The van der Waals surface area contributed by atoms with Gasteiger partial charge in [-0.2, -0.15) is 18.3 Å². The Bertz CT molecular complexity index is 1040. The fourth-order valence-electron chi connectivity index (χ4n) is 3.07. The summed E-state index contributed by atoms with van der Waals surface area (Å²) in [7, 11) is 0. The molecule has 0 unspecified atom stereocenters. The van der Waals surface area contributed by atoms with Gasteiger partial charge in [0.1, 0.15) is 5.75 Å². The first kappa shape index (κ1) is 18.1. The lowest BCUT2D eigenvalue weighted by atomic mass is 10.1. The molecule has 2 aromatic carbocycles. The number of amides is 1. The molecule has 2 N–H and O–H groups in total. The Labute approximate surface area is 158 Å². The number of halogens is 3. The number of phenols is 1. The van der Waals surface area contributed by atoms with E-state index in [9.17, 15) is 23.1 Å². The fraction of sp³-hybridized carbons (Fsp3) is 0.200. The van der Waals surface area contributed by atoms with E-state index in [4.69, 9.17) is 0 Å². The minimum absolute atomic E-state index is 0.0576. The van der Waals surface area contributed by atoms with Gasteiger partial charge in [0.2, 0.25) is 0 Å². The molecule has 4 rings (SSSR count). The number of rotatable bonds is 4. The van der Waals surface area contributed by atoms with E-state index < -0.39 is 17.6 Å². The number of carbonyl (C=O) groups is 1. The van der Waals surface area contributed by atoms with Crippen molar-refractivity contribution in [3.8, 4) is 11.4 Å². The summed E-state index contributed by atoms with van der Waals surface area (Å²) in [6.07, 6.45) is -1.44. The molecule has 0 atom stereocenters. The molecule has 144 valence electrons. The van der Waals surface area contributed by atoms with Crippen molar-refractivity contribution in [3.63, 3.8) is 0 Å². The van der Waals surface area contributed by atoms with Gasteiger partial charge in [-0.05, 0) is 43.2 Å². The third kappa shape index (κ3) is 3.45. The number of alkyl halides is 3. The lowest BCUT2D eigenvalue weighted by Gasteiger charge is -2.12. The van der Waals surface area contributed by atoms with Gasteiger partial charge in [0.15, 0.2) is 0 Å². The highest BCUT2D eigenvalue weighted by atomic mass is 19.4. The minimum Gasteiger partial charge on any atom is -0.506 e. The quantitative estimate of drug-likeness (QED) is 0.636. The molecule has 1 fully saturated rings. The van der Waals surface area contributed by atoms with Crippen LogP contribution in [-0.2, 0) is 6.18 Å². The van der Waals surface area contributed by atoms with Crippen LogP contribution in [-0.4, -0.2) is 20.8 Å². The number of benzene rings is 2. The van der Waals surface area contributed by atoms with Crippen molar-refractivity contribution in [3.05, 3.63) is 71.5 Å². The van der Waals surface area contributed by atoms with Gasteiger partial charge in [0.25, 0.3) is 5.91 Å². The highest BCUT2D eigenvalue weighted by Crippen LogP contribution is 2.43. The zero-order valence-corrected chi connectivity index (χ0v) is 14.6. The molecule has 0 radical (unpaired) electrons. The van der Waals surface area contributed by atoms with Crippen molar-refractivity contribution in [1.29, 1.82) is 0 Å². The standard InChI is InChI=1S/C20H16F3N3O2/c21-20(22,23)13-4-3-5-14(10-13)26-18(12-8-9-12)15(11-24-26)19(28)25-16-6-1-2-7-17(16)27/h1-7,10-12,27H,8-9H2,(H,25,28). The van der Waals surface area contributed by atoms with E-state index in [1.165, 1.54) is 29.1 Å². The average Bonchev–Trinajstić information content (AvgIpc) is 3.40. The van der Waals surface area contributed by atoms with Crippen molar-refractivity contribution in [1.82, 2.24) is 9.78 Å². The SMILES string of the molecule is O=C(Nc1ccccc1O)c1cnn(-c2cccc(C(F)(F)F)c2)c1C1CC1. The van der Waals surface area contributed by atoms with Crippen LogP contribution in [0.1, 0.15) is 40.4 Å². The molecule has 1 aliphatic rings. The van der Waals surface area contributed by atoms with Gasteiger partial charge in [0, 0.05) is 5.92 Å². The summed E-state index contributed by atoms with van der Waals surface area (Å²) in [6.45, 7) is 0. The van der Waals surface area contributed by atoms with Crippen LogP contribution in [0.3, 0.4) is 0 Å². The molecule has 8 heteroatoms. The molecule has 0 saturated heterocycles. The fourth-order valence-corrected chi connectivity index (χ4v) is 3.07. The van der Waals surface area contributed by atoms with Gasteiger partial charge in [-0.15, -0.1) is 0 Å². The Kier molecular flexibility index (Phi) is 4.33. The molecule has 1 amide bonds. The van der Waals surface area contributed by atoms with Crippen LogP contribution in [0.4, 0.5) is 18.9 Å². The van der Waals surface area contributed by atoms with Crippen LogP contribution in [0, 0.1) is 0 Å². The lowest BCUT2D eigenvalue weighted by Crippen LogP contribution is -2.14. The zero-order chi connectivity index (χ0) is 19.9. The van der Waals surface area contributed by atoms with Gasteiger partial charge in [0.05, 0.1) is 34.4 Å². The van der Waals surface area contributed by atoms with Crippen LogP contribution in [0.5, 0.6) is 5.75 Å². The van der Waals surface area contributed by atoms with E-state index >= 15 is 0 Å². The molecule has 0 spiro atoms. The van der Waals surface area contributed by atoms with E-state index in [-0.39, 0.29) is 28.6 Å². The molecule has 1 heterocycles. The summed E-state index contributed by atoms with van der Waals surface area (Å²) < 4.78 is 40.5. The maximum absolute atomic E-state index is 13.1. The Morgan fingerprint density at radius 3 is 2.57 bits per heavy atom. The molecule has 1 saturated carbocycles. The smallest absolute Gasteiger partial charge is 0.416 e. The predicted octanol–water partition coefficient (Wildman–Crippen LogP) is 4.73. The normalized spacial score (nSPS) is 14.1. The number of nitrogens with zero attached hydrogens (tertiary/aromatic N) is 2. The Morgan fingerprint density at radius 1 is 1.14 bits per heavy atom. The van der Waals surface area contributed by atoms with E-state index in [2.05, 4.69) is 10.4 Å². The predicted molar refractivity (Wildman–Crippen MR) is 96.6 cm³/mol. The minimum atomic E-state index is -4.46. The number of para-hydroxylation sites is 2. The monoisotopic (exact) mass is 387 g/mol. The first-order valence-corrected chi connectivity index (χ1v) is 8.69. The van der Waals surface area contributed by atoms with E-state index in [0.717, 1.165) is 25.0 Å². The summed E-state index contributed by atoms with van der Waals surface area (Å²) >= 11 is 0. The number of carbonyl (C=O) groups excluding carboxylic acids is 1. The molecule has 0 bridgehead atoms. The largest absolute Gasteiger partial charge is 0.506 e. The van der Waals surface area contributed by atoms with Crippen molar-refractivity contribution >= 4 is 11.6 Å². The third-order valence-electron chi connectivity index (χ3n) is 4.59. The van der Waals surface area contributed by atoms with Crippen LogP contribution in [0.25, 0.3) is 5.69 Å². The Hall–Kier alpha value is -3.29. The zero-order valence-electron chi connectivity index (χ0n) is 14.6. The molecular weight excluding hydrogens is 371 g/mol. The second-order valence-electron chi connectivity index (χ2n) is 6.65. The van der Waals surface area contributed by atoms with E-state index in [1.54, 1.807) is 18.2 Å². The molecule has 5 nitrogen and oxygen atoms in total. The molecule has 0 aliphatic heterocycles.